The summed E-state index contributed by atoms with van der Waals surface area (Å²) in [5, 5.41) is 1.87. The number of carbonyl (C=O) groups excluding carboxylic acids is 1. The lowest BCUT2D eigenvalue weighted by atomic mass is 9.94. The molecule has 1 atom stereocenters. The number of aromatic nitrogens is 4. The average molecular weight is 405 g/mol. The summed E-state index contributed by atoms with van der Waals surface area (Å²) in [5.41, 5.74) is 3.09. The normalized spacial score (nSPS) is 17.0. The summed E-state index contributed by atoms with van der Waals surface area (Å²) >= 11 is 1.47. The van der Waals surface area contributed by atoms with Gasteiger partial charge in [-0.2, -0.15) is 0 Å². The number of benzene rings is 1. The molecular formula is C21H19N5O2S. The second-order valence-electron chi connectivity index (χ2n) is 7.19. The number of thiazole rings is 1. The van der Waals surface area contributed by atoms with Gasteiger partial charge in [0.1, 0.15) is 5.69 Å². The second kappa shape index (κ2) is 7.29. The van der Waals surface area contributed by atoms with Crippen LogP contribution in [0.3, 0.4) is 0 Å². The van der Waals surface area contributed by atoms with Gasteiger partial charge in [-0.25, -0.2) is 9.97 Å². The maximum Gasteiger partial charge on any atom is 0.271 e. The van der Waals surface area contributed by atoms with E-state index in [0.29, 0.717) is 18.8 Å². The SMILES string of the molecule is O=C(c1csc2nc(-c3ccccc3)cn12)N1CCC[C@H](c2cc(=O)[nH]cn2)C1. The molecule has 4 aromatic rings. The lowest BCUT2D eigenvalue weighted by Gasteiger charge is -2.32. The molecular weight excluding hydrogens is 386 g/mol. The van der Waals surface area contributed by atoms with Gasteiger partial charge in [0.05, 0.1) is 17.7 Å². The molecule has 5 rings (SSSR count). The minimum Gasteiger partial charge on any atom is -0.337 e. The summed E-state index contributed by atoms with van der Waals surface area (Å²) in [7, 11) is 0. The Kier molecular flexibility index (Phi) is 4.48. The van der Waals surface area contributed by atoms with Crippen molar-refractivity contribution in [1.29, 1.82) is 0 Å². The number of hydrogen-bond donors (Lipinski definition) is 1. The van der Waals surface area contributed by atoms with Gasteiger partial charge in [-0.1, -0.05) is 30.3 Å². The van der Waals surface area contributed by atoms with E-state index < -0.39 is 0 Å². The zero-order chi connectivity index (χ0) is 19.8. The van der Waals surface area contributed by atoms with E-state index in [-0.39, 0.29) is 17.4 Å². The van der Waals surface area contributed by atoms with E-state index in [0.717, 1.165) is 34.8 Å². The molecule has 0 radical (unpaired) electrons. The number of imidazole rings is 1. The highest BCUT2D eigenvalue weighted by molar-refractivity contribution is 7.15. The van der Waals surface area contributed by atoms with Crippen LogP contribution in [0.15, 0.2) is 59.1 Å². The van der Waals surface area contributed by atoms with Gasteiger partial charge < -0.3 is 9.88 Å². The minimum atomic E-state index is -0.162. The van der Waals surface area contributed by atoms with Crippen LogP contribution >= 0.6 is 11.3 Å². The van der Waals surface area contributed by atoms with Crippen molar-refractivity contribution in [2.24, 2.45) is 0 Å². The van der Waals surface area contributed by atoms with Gasteiger partial charge in [0, 0.05) is 42.2 Å². The predicted octanol–water partition coefficient (Wildman–Crippen LogP) is 3.17. The third-order valence-electron chi connectivity index (χ3n) is 5.32. The van der Waals surface area contributed by atoms with Gasteiger partial charge in [0.15, 0.2) is 4.96 Å². The van der Waals surface area contributed by atoms with Crippen LogP contribution in [-0.2, 0) is 0 Å². The largest absolute Gasteiger partial charge is 0.337 e. The van der Waals surface area contributed by atoms with Crippen molar-refractivity contribution < 1.29 is 4.79 Å². The third kappa shape index (κ3) is 3.36. The molecule has 1 aromatic carbocycles. The number of aromatic amines is 1. The average Bonchev–Trinajstić information content (AvgIpc) is 3.35. The Morgan fingerprint density at radius 3 is 2.93 bits per heavy atom. The first-order valence-corrected chi connectivity index (χ1v) is 10.4. The van der Waals surface area contributed by atoms with Gasteiger partial charge >= 0.3 is 0 Å². The summed E-state index contributed by atoms with van der Waals surface area (Å²) < 4.78 is 1.88. The number of carbonyl (C=O) groups is 1. The van der Waals surface area contributed by atoms with Crippen LogP contribution in [0.2, 0.25) is 0 Å². The van der Waals surface area contributed by atoms with Gasteiger partial charge in [0.2, 0.25) is 0 Å². The maximum atomic E-state index is 13.3. The predicted molar refractivity (Wildman–Crippen MR) is 111 cm³/mol. The van der Waals surface area contributed by atoms with Crippen LogP contribution in [0.25, 0.3) is 16.2 Å². The van der Waals surface area contributed by atoms with Crippen LogP contribution in [0.5, 0.6) is 0 Å². The zero-order valence-electron chi connectivity index (χ0n) is 15.6. The van der Waals surface area contributed by atoms with Crippen molar-refractivity contribution in [3.8, 4) is 11.3 Å². The van der Waals surface area contributed by atoms with Gasteiger partial charge in [-0.15, -0.1) is 11.3 Å². The summed E-state index contributed by atoms with van der Waals surface area (Å²) in [5.74, 6) is 0.0644. The van der Waals surface area contributed by atoms with Crippen molar-refractivity contribution in [3.05, 3.63) is 76.0 Å². The Bertz CT molecular complexity index is 1230. The number of H-pyrrole nitrogens is 1. The third-order valence-corrected chi connectivity index (χ3v) is 6.16. The lowest BCUT2D eigenvalue weighted by molar-refractivity contribution is 0.0699. The highest BCUT2D eigenvalue weighted by Crippen LogP contribution is 2.28. The van der Waals surface area contributed by atoms with E-state index in [1.165, 1.54) is 23.7 Å². The zero-order valence-corrected chi connectivity index (χ0v) is 16.4. The van der Waals surface area contributed by atoms with E-state index in [1.54, 1.807) is 0 Å². The van der Waals surface area contributed by atoms with Crippen LogP contribution < -0.4 is 5.56 Å². The molecule has 146 valence electrons. The summed E-state index contributed by atoms with van der Waals surface area (Å²) in [4.78, 5) is 39.1. The molecule has 0 bridgehead atoms. The fourth-order valence-electron chi connectivity index (χ4n) is 3.86. The highest BCUT2D eigenvalue weighted by Gasteiger charge is 2.28. The first kappa shape index (κ1) is 17.8. The molecule has 4 heterocycles. The minimum absolute atomic E-state index is 0.0113. The molecule has 3 aromatic heterocycles. The van der Waals surface area contributed by atoms with Crippen molar-refractivity contribution in [3.63, 3.8) is 0 Å². The Morgan fingerprint density at radius 2 is 2.10 bits per heavy atom. The highest BCUT2D eigenvalue weighted by atomic mass is 32.1. The summed E-state index contributed by atoms with van der Waals surface area (Å²) in [6.45, 7) is 1.27. The molecule has 1 amide bonds. The number of hydrogen-bond acceptors (Lipinski definition) is 5. The van der Waals surface area contributed by atoms with Crippen molar-refractivity contribution in [1.82, 2.24) is 24.3 Å². The van der Waals surface area contributed by atoms with E-state index in [4.69, 9.17) is 0 Å². The Morgan fingerprint density at radius 1 is 1.24 bits per heavy atom. The number of likely N-dealkylation sites (tertiary alicyclic amines) is 1. The molecule has 1 aliphatic rings. The van der Waals surface area contributed by atoms with E-state index in [1.807, 2.05) is 51.2 Å². The molecule has 7 nitrogen and oxygen atoms in total. The fraction of sp³-hybridized carbons (Fsp3) is 0.238. The van der Waals surface area contributed by atoms with E-state index in [2.05, 4.69) is 15.0 Å². The van der Waals surface area contributed by atoms with Crippen molar-refractivity contribution in [2.75, 3.05) is 13.1 Å². The molecule has 1 fully saturated rings. The summed E-state index contributed by atoms with van der Waals surface area (Å²) in [6, 6.07) is 11.5. The standard InChI is InChI=1S/C21H19N5O2S/c27-19-9-16(22-13-23-19)15-7-4-8-25(10-15)20(28)18-12-29-21-24-17(11-26(18)21)14-5-2-1-3-6-14/h1-3,5-6,9,11-13,15H,4,7-8,10H2,(H,22,23,27)/t15-/m0/s1. The maximum absolute atomic E-state index is 13.3. The second-order valence-corrected chi connectivity index (χ2v) is 8.03. The lowest BCUT2D eigenvalue weighted by Crippen LogP contribution is -2.40. The van der Waals surface area contributed by atoms with Crippen LogP contribution in [0.4, 0.5) is 0 Å². The molecule has 0 saturated carbocycles. The first-order chi connectivity index (χ1) is 14.2. The number of piperidine rings is 1. The molecule has 1 N–H and O–H groups in total. The van der Waals surface area contributed by atoms with Crippen molar-refractivity contribution in [2.45, 2.75) is 18.8 Å². The Labute approximate surface area is 170 Å². The monoisotopic (exact) mass is 405 g/mol. The topological polar surface area (TPSA) is 83.4 Å². The molecule has 1 saturated heterocycles. The summed E-state index contributed by atoms with van der Waals surface area (Å²) in [6.07, 6.45) is 5.16. The quantitative estimate of drug-likeness (QED) is 0.568. The molecule has 0 aliphatic carbocycles. The number of rotatable bonds is 3. The van der Waals surface area contributed by atoms with E-state index in [9.17, 15) is 9.59 Å². The molecule has 8 heteroatoms. The fourth-order valence-corrected chi connectivity index (χ4v) is 4.70. The van der Waals surface area contributed by atoms with Crippen LogP contribution in [-0.4, -0.2) is 43.2 Å². The van der Waals surface area contributed by atoms with Crippen molar-refractivity contribution >= 4 is 22.2 Å². The number of nitrogens with zero attached hydrogens (tertiary/aromatic N) is 4. The Balaban J connectivity index is 1.42. The van der Waals surface area contributed by atoms with Crippen LogP contribution in [0.1, 0.15) is 34.9 Å². The number of fused-ring (bicyclic) bond motifs is 1. The Hall–Kier alpha value is -3.26. The smallest absolute Gasteiger partial charge is 0.271 e. The molecule has 0 spiro atoms. The number of amides is 1. The van der Waals surface area contributed by atoms with Gasteiger partial charge in [-0.05, 0) is 12.8 Å². The molecule has 0 unspecified atom stereocenters. The number of nitrogens with one attached hydrogen (secondary N) is 1. The van der Waals surface area contributed by atoms with E-state index >= 15 is 0 Å². The van der Waals surface area contributed by atoms with Gasteiger partial charge in [0.25, 0.3) is 11.5 Å². The molecule has 1 aliphatic heterocycles. The first-order valence-electron chi connectivity index (χ1n) is 9.55. The van der Waals surface area contributed by atoms with Gasteiger partial charge in [-0.3, -0.25) is 14.0 Å². The van der Waals surface area contributed by atoms with Crippen LogP contribution in [0, 0.1) is 0 Å². The molecule has 29 heavy (non-hydrogen) atoms.